The molecular weight excluding hydrogens is 263 g/mol. The number of nitrogens with zero attached hydrogens (tertiary/aromatic N) is 1. The molecule has 20 heavy (non-hydrogen) atoms. The molecule has 0 amide bonds. The Morgan fingerprint density at radius 2 is 2.20 bits per heavy atom. The fraction of sp³-hybridized carbons (Fsp3) is 0.500. The molecule has 112 valence electrons. The highest BCUT2D eigenvalue weighted by molar-refractivity contribution is 5.95. The van der Waals surface area contributed by atoms with Crippen molar-refractivity contribution in [3.8, 4) is 0 Å². The summed E-state index contributed by atoms with van der Waals surface area (Å²) in [7, 11) is 1.57. The maximum atomic E-state index is 14.1. The summed E-state index contributed by atoms with van der Waals surface area (Å²) in [6.45, 7) is 4.84. The first-order valence-electron chi connectivity index (χ1n) is 6.50. The van der Waals surface area contributed by atoms with Gasteiger partial charge in [-0.3, -0.25) is 0 Å². The van der Waals surface area contributed by atoms with Gasteiger partial charge in [0.1, 0.15) is 5.82 Å². The zero-order chi connectivity index (χ0) is 15.3. The minimum absolute atomic E-state index is 0.0601. The second-order valence-electron chi connectivity index (χ2n) is 4.64. The smallest absolute Gasteiger partial charge is 0.337 e. The molecule has 0 spiro atoms. The van der Waals surface area contributed by atoms with Crippen LogP contribution in [0.25, 0.3) is 0 Å². The van der Waals surface area contributed by atoms with Crippen LogP contribution in [0, 0.1) is 5.82 Å². The second kappa shape index (κ2) is 7.09. The lowest BCUT2D eigenvalue weighted by Crippen LogP contribution is -2.36. The van der Waals surface area contributed by atoms with E-state index in [4.69, 9.17) is 15.6 Å². The van der Waals surface area contributed by atoms with Crippen molar-refractivity contribution in [3.63, 3.8) is 0 Å². The van der Waals surface area contributed by atoms with Crippen LogP contribution in [0.15, 0.2) is 12.1 Å². The topological polar surface area (TPSA) is 75.8 Å². The van der Waals surface area contributed by atoms with Gasteiger partial charge in [-0.1, -0.05) is 6.92 Å². The van der Waals surface area contributed by atoms with Gasteiger partial charge in [0.05, 0.1) is 17.9 Å². The molecule has 0 aliphatic heterocycles. The van der Waals surface area contributed by atoms with Crippen molar-refractivity contribution >= 4 is 17.3 Å². The first-order valence-corrected chi connectivity index (χ1v) is 6.50. The summed E-state index contributed by atoms with van der Waals surface area (Å²) in [6.07, 6.45) is 0.802. The molecule has 0 aliphatic carbocycles. The van der Waals surface area contributed by atoms with Crippen molar-refractivity contribution in [2.24, 2.45) is 0 Å². The van der Waals surface area contributed by atoms with Gasteiger partial charge in [0, 0.05) is 25.4 Å². The van der Waals surface area contributed by atoms with Gasteiger partial charge < -0.3 is 20.5 Å². The molecule has 0 saturated heterocycles. The molecule has 0 saturated carbocycles. The Morgan fingerprint density at radius 3 is 2.70 bits per heavy atom. The quantitative estimate of drug-likeness (QED) is 0.752. The number of aromatic carboxylic acids is 1. The van der Waals surface area contributed by atoms with Crippen LogP contribution in [0.3, 0.4) is 0 Å². The van der Waals surface area contributed by atoms with Gasteiger partial charge >= 0.3 is 5.97 Å². The Bertz CT molecular complexity index is 480. The molecule has 1 aromatic rings. The number of carboxylic acid groups (broad SMARTS) is 1. The molecule has 1 aromatic carbocycles. The van der Waals surface area contributed by atoms with Crippen LogP contribution >= 0.6 is 0 Å². The number of anilines is 2. The second-order valence-corrected chi connectivity index (χ2v) is 4.64. The summed E-state index contributed by atoms with van der Waals surface area (Å²) in [5.41, 5.74) is 5.61. The summed E-state index contributed by atoms with van der Waals surface area (Å²) in [4.78, 5) is 12.9. The number of hydrogen-bond donors (Lipinski definition) is 2. The Kier molecular flexibility index (Phi) is 5.76. The summed E-state index contributed by atoms with van der Waals surface area (Å²) in [5.74, 6) is -1.69. The third-order valence-electron chi connectivity index (χ3n) is 3.32. The molecule has 5 nitrogen and oxygen atoms in total. The fourth-order valence-electron chi connectivity index (χ4n) is 1.97. The Labute approximate surface area is 118 Å². The molecule has 6 heteroatoms. The van der Waals surface area contributed by atoms with Crippen molar-refractivity contribution in [2.75, 3.05) is 30.9 Å². The third-order valence-corrected chi connectivity index (χ3v) is 3.32. The van der Waals surface area contributed by atoms with E-state index in [1.807, 2.05) is 13.8 Å². The molecule has 0 bridgehead atoms. The highest BCUT2D eigenvalue weighted by Gasteiger charge is 2.20. The standard InChI is InChI=1S/C14H21FN2O3/c1-4-9(2)17(5-6-20-3)13-7-10(14(18)19)12(16)8-11(13)15/h7-9H,4-6,16H2,1-3H3,(H,18,19). The number of carboxylic acids is 1. The van der Waals surface area contributed by atoms with Crippen molar-refractivity contribution in [3.05, 3.63) is 23.5 Å². The molecule has 0 aromatic heterocycles. The van der Waals surface area contributed by atoms with Crippen LogP contribution in [0.5, 0.6) is 0 Å². The van der Waals surface area contributed by atoms with Gasteiger partial charge in [0.2, 0.25) is 0 Å². The molecule has 1 rings (SSSR count). The molecular formula is C14H21FN2O3. The maximum absolute atomic E-state index is 14.1. The van der Waals surface area contributed by atoms with E-state index < -0.39 is 11.8 Å². The number of nitrogen functional groups attached to an aromatic ring is 1. The van der Waals surface area contributed by atoms with Crippen molar-refractivity contribution < 1.29 is 19.0 Å². The largest absolute Gasteiger partial charge is 0.478 e. The Hall–Kier alpha value is -1.82. The number of rotatable bonds is 7. The van der Waals surface area contributed by atoms with Crippen LogP contribution in [0.4, 0.5) is 15.8 Å². The lowest BCUT2D eigenvalue weighted by molar-refractivity contribution is 0.0698. The molecule has 0 fully saturated rings. The van der Waals surface area contributed by atoms with Gasteiger partial charge in [0.25, 0.3) is 0 Å². The number of benzene rings is 1. The van der Waals surface area contributed by atoms with Crippen LogP contribution in [0.2, 0.25) is 0 Å². The SMILES string of the molecule is CCC(C)N(CCOC)c1cc(C(=O)O)c(N)cc1F. The molecule has 3 N–H and O–H groups in total. The van der Waals surface area contributed by atoms with E-state index in [1.54, 1.807) is 12.0 Å². The van der Waals surface area contributed by atoms with Crippen molar-refractivity contribution in [1.29, 1.82) is 0 Å². The summed E-state index contributed by atoms with van der Waals surface area (Å²) in [5, 5.41) is 9.09. The molecule has 0 heterocycles. The monoisotopic (exact) mass is 284 g/mol. The number of nitrogens with two attached hydrogens (primary N) is 1. The highest BCUT2D eigenvalue weighted by atomic mass is 19.1. The first kappa shape index (κ1) is 16.2. The normalized spacial score (nSPS) is 12.2. The molecule has 0 aliphatic rings. The van der Waals surface area contributed by atoms with E-state index in [-0.39, 0.29) is 23.0 Å². The zero-order valence-corrected chi connectivity index (χ0v) is 12.0. The lowest BCUT2D eigenvalue weighted by atomic mass is 10.1. The molecule has 1 unspecified atom stereocenters. The third kappa shape index (κ3) is 3.60. The van der Waals surface area contributed by atoms with E-state index in [0.717, 1.165) is 12.5 Å². The van der Waals surface area contributed by atoms with Crippen LogP contribution in [-0.4, -0.2) is 37.4 Å². The first-order chi connectivity index (χ1) is 9.42. The maximum Gasteiger partial charge on any atom is 0.337 e. The minimum Gasteiger partial charge on any atom is -0.478 e. The lowest BCUT2D eigenvalue weighted by Gasteiger charge is -2.31. The number of hydrogen-bond acceptors (Lipinski definition) is 4. The van der Waals surface area contributed by atoms with Crippen molar-refractivity contribution in [1.82, 2.24) is 0 Å². The molecule has 0 radical (unpaired) electrons. The van der Waals surface area contributed by atoms with E-state index >= 15 is 0 Å². The van der Waals surface area contributed by atoms with Gasteiger partial charge in [-0.25, -0.2) is 9.18 Å². The average Bonchev–Trinajstić information content (AvgIpc) is 2.40. The summed E-state index contributed by atoms with van der Waals surface area (Å²) >= 11 is 0. The van der Waals surface area contributed by atoms with Crippen molar-refractivity contribution in [2.45, 2.75) is 26.3 Å². The number of halogens is 1. The fourth-order valence-corrected chi connectivity index (χ4v) is 1.97. The van der Waals surface area contributed by atoms with Crippen LogP contribution in [0.1, 0.15) is 30.6 Å². The van der Waals surface area contributed by atoms with E-state index in [1.165, 1.54) is 6.07 Å². The predicted octanol–water partition coefficient (Wildman–Crippen LogP) is 2.36. The van der Waals surface area contributed by atoms with Gasteiger partial charge in [-0.2, -0.15) is 0 Å². The highest BCUT2D eigenvalue weighted by Crippen LogP contribution is 2.27. The summed E-state index contributed by atoms with van der Waals surface area (Å²) in [6, 6.07) is 2.40. The average molecular weight is 284 g/mol. The zero-order valence-electron chi connectivity index (χ0n) is 12.0. The van der Waals surface area contributed by atoms with E-state index in [2.05, 4.69) is 0 Å². The minimum atomic E-state index is -1.17. The van der Waals surface area contributed by atoms with Gasteiger partial charge in [-0.05, 0) is 25.5 Å². The van der Waals surface area contributed by atoms with E-state index in [9.17, 15) is 9.18 Å². The molecule has 1 atom stereocenters. The predicted molar refractivity (Wildman–Crippen MR) is 76.7 cm³/mol. The number of carbonyl (C=O) groups is 1. The van der Waals surface area contributed by atoms with Crippen LogP contribution in [-0.2, 0) is 4.74 Å². The number of methoxy groups -OCH3 is 1. The number of ether oxygens (including phenoxy) is 1. The van der Waals surface area contributed by atoms with E-state index in [0.29, 0.717) is 13.2 Å². The van der Waals surface area contributed by atoms with Gasteiger partial charge in [-0.15, -0.1) is 0 Å². The Morgan fingerprint density at radius 1 is 1.55 bits per heavy atom. The van der Waals surface area contributed by atoms with Crippen LogP contribution < -0.4 is 10.6 Å². The summed E-state index contributed by atoms with van der Waals surface area (Å²) < 4.78 is 19.1. The van der Waals surface area contributed by atoms with Gasteiger partial charge in [0.15, 0.2) is 0 Å². The Balaban J connectivity index is 3.24.